The normalized spacial score (nSPS) is 19.9. The maximum atomic E-state index is 9.07. The van der Waals surface area contributed by atoms with Crippen molar-refractivity contribution in [1.82, 2.24) is 4.98 Å². The van der Waals surface area contributed by atoms with Crippen molar-refractivity contribution in [2.75, 3.05) is 26.1 Å². The predicted octanol–water partition coefficient (Wildman–Crippen LogP) is 2.43. The molecule has 0 spiro atoms. The lowest BCUT2D eigenvalue weighted by Gasteiger charge is -2.05. The van der Waals surface area contributed by atoms with Gasteiger partial charge in [-0.3, -0.25) is 0 Å². The Bertz CT molecular complexity index is 685. The number of ether oxygens (including phenoxy) is 2. The molecule has 2 unspecified atom stereocenters. The lowest BCUT2D eigenvalue weighted by atomic mass is 10.1. The zero-order chi connectivity index (χ0) is 15.0. The van der Waals surface area contributed by atoms with Crippen LogP contribution in [0.1, 0.15) is 29.4 Å². The van der Waals surface area contributed by atoms with Crippen molar-refractivity contribution in [3.63, 3.8) is 0 Å². The van der Waals surface area contributed by atoms with Gasteiger partial charge in [-0.1, -0.05) is 12.1 Å². The minimum atomic E-state index is -0.237. The van der Waals surface area contributed by atoms with Crippen LogP contribution in [0.4, 0.5) is 5.88 Å². The van der Waals surface area contributed by atoms with Crippen LogP contribution in [-0.4, -0.2) is 26.2 Å². The molecule has 21 heavy (non-hydrogen) atoms. The Morgan fingerprint density at radius 2 is 1.95 bits per heavy atom. The van der Waals surface area contributed by atoms with E-state index in [9.17, 15) is 0 Å². The Kier molecular flexibility index (Phi) is 3.28. The highest BCUT2D eigenvalue weighted by molar-refractivity contribution is 5.47. The summed E-state index contributed by atoms with van der Waals surface area (Å²) in [6, 6.07) is 9.70. The Morgan fingerprint density at radius 1 is 1.24 bits per heavy atom. The lowest BCUT2D eigenvalue weighted by Crippen LogP contribution is -2.08. The molecule has 2 heterocycles. The number of nitrogens with zero attached hydrogens (tertiary/aromatic N) is 3. The van der Waals surface area contributed by atoms with Crippen LogP contribution in [-0.2, 0) is 4.74 Å². The summed E-state index contributed by atoms with van der Waals surface area (Å²) in [5, 5.41) is 9.07. The molecule has 1 aliphatic rings. The number of methoxy groups -OCH3 is 1. The van der Waals surface area contributed by atoms with Gasteiger partial charge in [0.1, 0.15) is 17.9 Å². The molecule has 2 aromatic rings. The molecule has 1 aromatic heterocycles. The van der Waals surface area contributed by atoms with Gasteiger partial charge >= 0.3 is 0 Å². The number of anilines is 1. The minimum Gasteiger partial charge on any atom is -0.497 e. The number of hydrogen-bond acceptors (Lipinski definition) is 6. The third-order valence-electron chi connectivity index (χ3n) is 3.32. The van der Waals surface area contributed by atoms with Crippen molar-refractivity contribution in [3.05, 3.63) is 41.4 Å². The molecule has 0 radical (unpaired) electrons. The van der Waals surface area contributed by atoms with E-state index in [1.807, 2.05) is 30.3 Å². The molecular weight excluding hydrogens is 270 g/mol. The number of hydrogen-bond donors (Lipinski definition) is 0. The van der Waals surface area contributed by atoms with Crippen LogP contribution >= 0.6 is 0 Å². The highest BCUT2D eigenvalue weighted by atomic mass is 16.6. The van der Waals surface area contributed by atoms with Crippen molar-refractivity contribution >= 4 is 5.88 Å². The smallest absolute Gasteiger partial charge is 0.234 e. The molecular formula is C15H15N3O3. The number of oxazole rings is 1. The van der Waals surface area contributed by atoms with Gasteiger partial charge < -0.3 is 18.8 Å². The number of benzene rings is 1. The first-order valence-corrected chi connectivity index (χ1v) is 6.51. The molecule has 1 aromatic carbocycles. The van der Waals surface area contributed by atoms with E-state index >= 15 is 0 Å². The summed E-state index contributed by atoms with van der Waals surface area (Å²) >= 11 is 0. The third-order valence-corrected chi connectivity index (χ3v) is 3.32. The number of epoxide rings is 1. The van der Waals surface area contributed by atoms with E-state index in [1.54, 1.807) is 26.1 Å². The van der Waals surface area contributed by atoms with Gasteiger partial charge in [0.2, 0.25) is 17.5 Å². The van der Waals surface area contributed by atoms with E-state index in [2.05, 4.69) is 4.98 Å². The molecule has 1 saturated heterocycles. The van der Waals surface area contributed by atoms with Crippen molar-refractivity contribution in [2.24, 2.45) is 0 Å². The monoisotopic (exact) mass is 285 g/mol. The Labute approximate surface area is 122 Å². The second kappa shape index (κ2) is 5.11. The maximum Gasteiger partial charge on any atom is 0.234 e. The number of rotatable bonds is 4. The van der Waals surface area contributed by atoms with Gasteiger partial charge in [0, 0.05) is 14.1 Å². The van der Waals surface area contributed by atoms with E-state index in [4.69, 9.17) is 19.2 Å². The van der Waals surface area contributed by atoms with E-state index in [-0.39, 0.29) is 17.9 Å². The first-order chi connectivity index (χ1) is 10.1. The van der Waals surface area contributed by atoms with Gasteiger partial charge in [0.15, 0.2) is 6.10 Å². The van der Waals surface area contributed by atoms with Crippen LogP contribution in [0.5, 0.6) is 5.75 Å². The first kappa shape index (κ1) is 13.5. The van der Waals surface area contributed by atoms with Crippen LogP contribution in [0, 0.1) is 11.3 Å². The second-order valence-corrected chi connectivity index (χ2v) is 4.96. The Balaban J connectivity index is 1.80. The molecule has 6 heteroatoms. The third kappa shape index (κ3) is 2.43. The average Bonchev–Trinajstić information content (AvgIpc) is 3.18. The zero-order valence-electron chi connectivity index (χ0n) is 12.0. The van der Waals surface area contributed by atoms with Crippen LogP contribution in [0.15, 0.2) is 28.7 Å². The molecule has 0 aliphatic carbocycles. The van der Waals surface area contributed by atoms with Crippen LogP contribution in [0.2, 0.25) is 0 Å². The van der Waals surface area contributed by atoms with E-state index in [0.717, 1.165) is 11.3 Å². The van der Waals surface area contributed by atoms with Crippen molar-refractivity contribution < 1.29 is 13.9 Å². The molecule has 108 valence electrons. The Morgan fingerprint density at radius 3 is 2.48 bits per heavy atom. The topological polar surface area (TPSA) is 74.8 Å². The summed E-state index contributed by atoms with van der Waals surface area (Å²) in [5.41, 5.74) is 1.31. The van der Waals surface area contributed by atoms with Gasteiger partial charge in [0.05, 0.1) is 7.11 Å². The predicted molar refractivity (Wildman–Crippen MR) is 75.1 cm³/mol. The van der Waals surface area contributed by atoms with Crippen LogP contribution in [0.3, 0.4) is 0 Å². The summed E-state index contributed by atoms with van der Waals surface area (Å²) in [5.74, 6) is 1.70. The molecule has 6 nitrogen and oxygen atoms in total. The van der Waals surface area contributed by atoms with E-state index in [1.165, 1.54) is 0 Å². The highest BCUT2D eigenvalue weighted by Gasteiger charge is 2.46. The fraction of sp³-hybridized carbons (Fsp3) is 0.333. The summed E-state index contributed by atoms with van der Waals surface area (Å²) in [4.78, 5) is 5.92. The quantitative estimate of drug-likeness (QED) is 0.803. The SMILES string of the molecule is COc1ccc(C2OC2c2nc(C#N)c(N(C)C)o2)cc1. The molecule has 0 amide bonds. The van der Waals surface area contributed by atoms with Gasteiger partial charge in [-0.05, 0) is 17.7 Å². The second-order valence-electron chi connectivity index (χ2n) is 4.96. The zero-order valence-corrected chi connectivity index (χ0v) is 12.0. The summed E-state index contributed by atoms with van der Waals surface area (Å²) in [7, 11) is 5.24. The van der Waals surface area contributed by atoms with Gasteiger partial charge in [-0.2, -0.15) is 10.2 Å². The maximum absolute atomic E-state index is 9.07. The van der Waals surface area contributed by atoms with Crippen LogP contribution < -0.4 is 9.64 Å². The average molecular weight is 285 g/mol. The molecule has 0 N–H and O–H groups in total. The van der Waals surface area contributed by atoms with Crippen molar-refractivity contribution in [1.29, 1.82) is 5.26 Å². The van der Waals surface area contributed by atoms with Crippen LogP contribution in [0.25, 0.3) is 0 Å². The van der Waals surface area contributed by atoms with Gasteiger partial charge in [-0.15, -0.1) is 0 Å². The largest absolute Gasteiger partial charge is 0.497 e. The standard InChI is InChI=1S/C15H15N3O3/c1-18(2)15-11(8-16)17-14(21-15)13-12(20-13)9-4-6-10(19-3)7-5-9/h4-7,12-13H,1-3H3. The fourth-order valence-corrected chi connectivity index (χ4v) is 2.17. The summed E-state index contributed by atoms with van der Waals surface area (Å²) in [6.07, 6.45) is -0.324. The lowest BCUT2D eigenvalue weighted by molar-refractivity contribution is 0.344. The first-order valence-electron chi connectivity index (χ1n) is 6.51. The van der Waals surface area contributed by atoms with Crippen molar-refractivity contribution in [2.45, 2.75) is 12.2 Å². The van der Waals surface area contributed by atoms with Gasteiger partial charge in [-0.25, -0.2) is 0 Å². The molecule has 1 fully saturated rings. The minimum absolute atomic E-state index is 0.0869. The summed E-state index contributed by atoms with van der Waals surface area (Å²) < 4.78 is 16.4. The molecule has 0 bridgehead atoms. The van der Waals surface area contributed by atoms with Gasteiger partial charge in [0.25, 0.3) is 0 Å². The molecule has 1 aliphatic heterocycles. The van der Waals surface area contributed by atoms with Crippen molar-refractivity contribution in [3.8, 4) is 11.8 Å². The molecule has 2 atom stereocenters. The van der Waals surface area contributed by atoms with E-state index in [0.29, 0.717) is 11.8 Å². The fourth-order valence-electron chi connectivity index (χ4n) is 2.17. The molecule has 3 rings (SSSR count). The Hall–Kier alpha value is -2.52. The molecule has 0 saturated carbocycles. The highest BCUT2D eigenvalue weighted by Crippen LogP contribution is 2.51. The number of nitriles is 1. The summed E-state index contributed by atoms with van der Waals surface area (Å²) in [6.45, 7) is 0. The van der Waals surface area contributed by atoms with E-state index < -0.39 is 0 Å². The number of aromatic nitrogens is 1.